The molecule has 0 amide bonds. The SMILES string of the molecule is CC(C)NCc1cc(Br)cnc1N(C)Cc1ccoc1. The van der Waals surface area contributed by atoms with E-state index >= 15 is 0 Å². The molecule has 0 aliphatic carbocycles. The third-order valence-corrected chi connectivity index (χ3v) is 3.41. The zero-order valence-electron chi connectivity index (χ0n) is 12.1. The van der Waals surface area contributed by atoms with E-state index in [9.17, 15) is 0 Å². The molecule has 0 unspecified atom stereocenters. The Bertz CT molecular complexity index is 540. The third kappa shape index (κ3) is 4.08. The van der Waals surface area contributed by atoms with Crippen molar-refractivity contribution in [2.45, 2.75) is 33.0 Å². The lowest BCUT2D eigenvalue weighted by Gasteiger charge is -2.21. The summed E-state index contributed by atoms with van der Waals surface area (Å²) in [6.07, 6.45) is 5.29. The van der Waals surface area contributed by atoms with Crippen LogP contribution < -0.4 is 10.2 Å². The summed E-state index contributed by atoms with van der Waals surface area (Å²) in [5, 5.41) is 3.44. The molecule has 1 N–H and O–H groups in total. The lowest BCUT2D eigenvalue weighted by atomic mass is 10.2. The number of rotatable bonds is 6. The first-order chi connectivity index (χ1) is 9.56. The monoisotopic (exact) mass is 337 g/mol. The maximum absolute atomic E-state index is 5.11. The molecule has 0 aliphatic rings. The summed E-state index contributed by atoms with van der Waals surface area (Å²) in [5.41, 5.74) is 2.32. The van der Waals surface area contributed by atoms with Crippen LogP contribution in [0.2, 0.25) is 0 Å². The second kappa shape index (κ2) is 6.90. The highest BCUT2D eigenvalue weighted by molar-refractivity contribution is 9.10. The van der Waals surface area contributed by atoms with Gasteiger partial charge in [0, 0.05) is 48.0 Å². The third-order valence-electron chi connectivity index (χ3n) is 2.97. The molecule has 0 bridgehead atoms. The lowest BCUT2D eigenvalue weighted by Crippen LogP contribution is -2.25. The molecule has 2 heterocycles. The van der Waals surface area contributed by atoms with Crippen LogP contribution in [0.25, 0.3) is 0 Å². The summed E-state index contributed by atoms with van der Waals surface area (Å²) in [6, 6.07) is 4.53. The zero-order valence-corrected chi connectivity index (χ0v) is 13.6. The number of furan rings is 1. The van der Waals surface area contributed by atoms with Gasteiger partial charge < -0.3 is 14.6 Å². The normalized spacial score (nSPS) is 11.1. The van der Waals surface area contributed by atoms with E-state index in [-0.39, 0.29) is 0 Å². The smallest absolute Gasteiger partial charge is 0.133 e. The highest BCUT2D eigenvalue weighted by Gasteiger charge is 2.11. The molecule has 4 nitrogen and oxygen atoms in total. The van der Waals surface area contributed by atoms with Crippen molar-refractivity contribution in [3.05, 3.63) is 46.5 Å². The minimum absolute atomic E-state index is 0.445. The molecular weight excluding hydrogens is 318 g/mol. The number of aromatic nitrogens is 1. The molecule has 0 fully saturated rings. The number of hydrogen-bond acceptors (Lipinski definition) is 4. The van der Waals surface area contributed by atoms with Crippen LogP contribution in [-0.2, 0) is 13.1 Å². The Kier molecular flexibility index (Phi) is 5.20. The Balaban J connectivity index is 2.16. The number of anilines is 1. The Morgan fingerprint density at radius 2 is 2.25 bits per heavy atom. The number of halogens is 1. The van der Waals surface area contributed by atoms with Crippen molar-refractivity contribution < 1.29 is 4.42 Å². The summed E-state index contributed by atoms with van der Waals surface area (Å²) in [4.78, 5) is 6.68. The standard InChI is InChI=1S/C15H20BrN3O/c1-11(2)17-7-13-6-14(16)8-18-15(13)19(3)9-12-4-5-20-10-12/h4-6,8,10-11,17H,7,9H2,1-3H3. The molecule has 0 radical (unpaired) electrons. The number of nitrogens with zero attached hydrogens (tertiary/aromatic N) is 2. The molecule has 0 saturated carbocycles. The van der Waals surface area contributed by atoms with Crippen molar-refractivity contribution in [2.24, 2.45) is 0 Å². The van der Waals surface area contributed by atoms with Gasteiger partial charge in [-0.2, -0.15) is 0 Å². The largest absolute Gasteiger partial charge is 0.472 e. The first-order valence-corrected chi connectivity index (χ1v) is 7.45. The van der Waals surface area contributed by atoms with E-state index < -0.39 is 0 Å². The maximum Gasteiger partial charge on any atom is 0.133 e. The van der Waals surface area contributed by atoms with Gasteiger partial charge in [-0.1, -0.05) is 13.8 Å². The van der Waals surface area contributed by atoms with Crippen molar-refractivity contribution in [3.8, 4) is 0 Å². The van der Waals surface area contributed by atoms with Crippen LogP contribution >= 0.6 is 15.9 Å². The van der Waals surface area contributed by atoms with Crippen LogP contribution in [0.15, 0.2) is 39.7 Å². The summed E-state index contributed by atoms with van der Waals surface area (Å²) in [6.45, 7) is 5.86. The maximum atomic E-state index is 5.11. The second-order valence-electron chi connectivity index (χ2n) is 5.16. The second-order valence-corrected chi connectivity index (χ2v) is 6.08. The Labute approximate surface area is 128 Å². The molecule has 2 aromatic rings. The van der Waals surface area contributed by atoms with Crippen LogP contribution in [0.5, 0.6) is 0 Å². The summed E-state index contributed by atoms with van der Waals surface area (Å²) in [5.74, 6) is 0.988. The molecule has 20 heavy (non-hydrogen) atoms. The van der Waals surface area contributed by atoms with Gasteiger partial charge in [0.2, 0.25) is 0 Å². The molecule has 108 valence electrons. The lowest BCUT2D eigenvalue weighted by molar-refractivity contribution is 0.563. The van der Waals surface area contributed by atoms with Crippen molar-refractivity contribution >= 4 is 21.7 Å². The van der Waals surface area contributed by atoms with Gasteiger partial charge in [-0.3, -0.25) is 0 Å². The predicted octanol–water partition coefficient (Wildman–Crippen LogP) is 3.57. The zero-order chi connectivity index (χ0) is 14.5. The summed E-state index contributed by atoms with van der Waals surface area (Å²) >= 11 is 3.49. The Hall–Kier alpha value is -1.33. The number of pyridine rings is 1. The minimum atomic E-state index is 0.445. The van der Waals surface area contributed by atoms with Gasteiger partial charge >= 0.3 is 0 Å². The molecule has 0 aliphatic heterocycles. The number of hydrogen-bond donors (Lipinski definition) is 1. The van der Waals surface area contributed by atoms with E-state index in [1.807, 2.05) is 19.3 Å². The van der Waals surface area contributed by atoms with Crippen molar-refractivity contribution in [1.82, 2.24) is 10.3 Å². The Morgan fingerprint density at radius 3 is 2.90 bits per heavy atom. The predicted molar refractivity (Wildman–Crippen MR) is 84.7 cm³/mol. The first kappa shape index (κ1) is 15.1. The van der Waals surface area contributed by atoms with Gasteiger partial charge in [-0.05, 0) is 28.1 Å². The topological polar surface area (TPSA) is 41.3 Å². The van der Waals surface area contributed by atoms with E-state index in [1.54, 1.807) is 12.5 Å². The molecule has 0 saturated heterocycles. The quantitative estimate of drug-likeness (QED) is 0.874. The van der Waals surface area contributed by atoms with Crippen LogP contribution in [0.1, 0.15) is 25.0 Å². The average molecular weight is 338 g/mol. The van der Waals surface area contributed by atoms with Crippen molar-refractivity contribution in [1.29, 1.82) is 0 Å². The first-order valence-electron chi connectivity index (χ1n) is 6.66. The fourth-order valence-electron chi connectivity index (χ4n) is 1.99. The van der Waals surface area contributed by atoms with E-state index in [0.29, 0.717) is 6.04 Å². The minimum Gasteiger partial charge on any atom is -0.472 e. The fourth-order valence-corrected chi connectivity index (χ4v) is 2.37. The van der Waals surface area contributed by atoms with Gasteiger partial charge in [-0.15, -0.1) is 0 Å². The van der Waals surface area contributed by atoms with Crippen LogP contribution in [-0.4, -0.2) is 18.1 Å². The van der Waals surface area contributed by atoms with Gasteiger partial charge in [0.05, 0.1) is 12.5 Å². The van der Waals surface area contributed by atoms with Gasteiger partial charge in [0.25, 0.3) is 0 Å². The van der Waals surface area contributed by atoms with E-state index in [1.165, 1.54) is 5.56 Å². The molecule has 0 atom stereocenters. The van der Waals surface area contributed by atoms with Crippen LogP contribution in [0, 0.1) is 0 Å². The number of nitrogens with one attached hydrogen (secondary N) is 1. The summed E-state index contributed by atoms with van der Waals surface area (Å²) in [7, 11) is 2.04. The van der Waals surface area contributed by atoms with Crippen molar-refractivity contribution in [2.75, 3.05) is 11.9 Å². The van der Waals surface area contributed by atoms with E-state index in [2.05, 4.69) is 51.0 Å². The molecule has 0 aromatic carbocycles. The molecule has 2 aromatic heterocycles. The highest BCUT2D eigenvalue weighted by Crippen LogP contribution is 2.22. The van der Waals surface area contributed by atoms with Gasteiger partial charge in [-0.25, -0.2) is 4.98 Å². The Morgan fingerprint density at radius 1 is 1.45 bits per heavy atom. The van der Waals surface area contributed by atoms with Gasteiger partial charge in [0.1, 0.15) is 5.82 Å². The fraction of sp³-hybridized carbons (Fsp3) is 0.400. The molecule has 0 spiro atoms. The van der Waals surface area contributed by atoms with E-state index in [0.717, 1.165) is 28.9 Å². The van der Waals surface area contributed by atoms with Gasteiger partial charge in [0.15, 0.2) is 0 Å². The van der Waals surface area contributed by atoms with Crippen LogP contribution in [0.3, 0.4) is 0 Å². The molecule has 5 heteroatoms. The van der Waals surface area contributed by atoms with E-state index in [4.69, 9.17) is 4.42 Å². The van der Waals surface area contributed by atoms with Crippen LogP contribution in [0.4, 0.5) is 5.82 Å². The summed E-state index contributed by atoms with van der Waals surface area (Å²) < 4.78 is 6.11. The highest BCUT2D eigenvalue weighted by atomic mass is 79.9. The molecule has 2 rings (SSSR count). The van der Waals surface area contributed by atoms with Crippen molar-refractivity contribution in [3.63, 3.8) is 0 Å². The molecular formula is C15H20BrN3O. The average Bonchev–Trinajstić information content (AvgIpc) is 2.89.